The molecule has 7 heteroatoms. The van der Waals surface area contributed by atoms with Gasteiger partial charge in [-0.3, -0.25) is 4.79 Å². The number of para-hydroxylation sites is 1. The largest absolute Gasteiger partial charge is 0.336 e. The van der Waals surface area contributed by atoms with Gasteiger partial charge in [0.2, 0.25) is 0 Å². The lowest BCUT2D eigenvalue weighted by Crippen LogP contribution is -2.17. The molecule has 0 fully saturated rings. The molecule has 0 saturated carbocycles. The maximum Gasteiger partial charge on any atom is 0.258 e. The fourth-order valence-electron chi connectivity index (χ4n) is 2.64. The minimum atomic E-state index is -0.194. The molecule has 0 aliphatic rings. The number of carbonyl (C=O) groups is 1. The second-order valence-electron chi connectivity index (χ2n) is 5.65. The van der Waals surface area contributed by atoms with Crippen LogP contribution >= 0.6 is 12.4 Å². The predicted molar refractivity (Wildman–Crippen MR) is 100 cm³/mol. The standard InChI is InChI=1S/C18H20N4O2.ClH/c1-4-19-10-13-7-5-6-8-15(13)21-17(23)14-9-11(2)20-18-16(14)12(3)22-24-18;/h5-9,19H,4,10H2,1-3H3,(H,21,23);1H. The predicted octanol–water partition coefficient (Wildman–Crippen LogP) is 3.62. The first-order valence-corrected chi connectivity index (χ1v) is 7.93. The van der Waals surface area contributed by atoms with Gasteiger partial charge in [0.05, 0.1) is 16.6 Å². The van der Waals surface area contributed by atoms with Gasteiger partial charge in [0, 0.05) is 17.9 Å². The molecule has 0 saturated heterocycles. The number of pyridine rings is 1. The molecular weight excluding hydrogens is 340 g/mol. The Morgan fingerprint density at radius 3 is 2.76 bits per heavy atom. The fraction of sp³-hybridized carbons (Fsp3) is 0.278. The molecule has 2 N–H and O–H groups in total. The van der Waals surface area contributed by atoms with Crippen LogP contribution in [0.2, 0.25) is 0 Å². The number of nitrogens with one attached hydrogen (secondary N) is 2. The lowest BCUT2D eigenvalue weighted by atomic mass is 10.1. The smallest absolute Gasteiger partial charge is 0.258 e. The van der Waals surface area contributed by atoms with Gasteiger partial charge in [0.1, 0.15) is 0 Å². The molecule has 0 radical (unpaired) electrons. The number of aromatic nitrogens is 2. The molecular formula is C18H21ClN4O2. The molecule has 1 amide bonds. The summed E-state index contributed by atoms with van der Waals surface area (Å²) in [5.41, 5.74) is 4.11. The molecule has 0 aliphatic heterocycles. The Morgan fingerprint density at radius 2 is 2.00 bits per heavy atom. The van der Waals surface area contributed by atoms with Crippen LogP contribution < -0.4 is 10.6 Å². The molecule has 25 heavy (non-hydrogen) atoms. The summed E-state index contributed by atoms with van der Waals surface area (Å²) in [4.78, 5) is 17.1. The summed E-state index contributed by atoms with van der Waals surface area (Å²) >= 11 is 0. The van der Waals surface area contributed by atoms with Crippen LogP contribution in [0.3, 0.4) is 0 Å². The summed E-state index contributed by atoms with van der Waals surface area (Å²) in [6, 6.07) is 9.52. The van der Waals surface area contributed by atoms with E-state index < -0.39 is 0 Å². The fourth-order valence-corrected chi connectivity index (χ4v) is 2.64. The molecule has 6 nitrogen and oxygen atoms in total. The average Bonchev–Trinajstić information content (AvgIpc) is 2.94. The van der Waals surface area contributed by atoms with E-state index in [1.54, 1.807) is 13.0 Å². The Labute approximate surface area is 152 Å². The van der Waals surface area contributed by atoms with E-state index >= 15 is 0 Å². The molecule has 2 aromatic heterocycles. The topological polar surface area (TPSA) is 80.0 Å². The maximum absolute atomic E-state index is 12.8. The SMILES string of the molecule is CCNCc1ccccc1NC(=O)c1cc(C)nc2onc(C)c12.Cl. The summed E-state index contributed by atoms with van der Waals surface area (Å²) in [5.74, 6) is -0.194. The van der Waals surface area contributed by atoms with Crippen LogP contribution in [0.25, 0.3) is 11.1 Å². The molecule has 2 heterocycles. The Balaban J connectivity index is 0.00000225. The second-order valence-corrected chi connectivity index (χ2v) is 5.65. The Kier molecular flexibility index (Phi) is 6.12. The molecule has 0 unspecified atom stereocenters. The van der Waals surface area contributed by atoms with Crippen LogP contribution in [0.5, 0.6) is 0 Å². The number of halogens is 1. The lowest BCUT2D eigenvalue weighted by Gasteiger charge is -2.12. The number of carbonyl (C=O) groups excluding carboxylic acids is 1. The van der Waals surface area contributed by atoms with E-state index in [0.717, 1.165) is 17.8 Å². The first kappa shape index (κ1) is 18.9. The van der Waals surface area contributed by atoms with Crippen LogP contribution in [0.15, 0.2) is 34.9 Å². The molecule has 0 atom stereocenters. The quantitative estimate of drug-likeness (QED) is 0.726. The van der Waals surface area contributed by atoms with Crippen molar-refractivity contribution < 1.29 is 9.32 Å². The third-order valence-corrected chi connectivity index (χ3v) is 3.82. The first-order chi connectivity index (χ1) is 11.6. The van der Waals surface area contributed by atoms with Gasteiger partial charge in [-0.2, -0.15) is 0 Å². The Bertz CT molecular complexity index is 892. The van der Waals surface area contributed by atoms with Crippen LogP contribution in [0, 0.1) is 13.8 Å². The summed E-state index contributed by atoms with van der Waals surface area (Å²) in [6.07, 6.45) is 0. The minimum absolute atomic E-state index is 0. The summed E-state index contributed by atoms with van der Waals surface area (Å²) in [6.45, 7) is 7.24. The van der Waals surface area contributed by atoms with Crippen molar-refractivity contribution in [2.45, 2.75) is 27.3 Å². The number of hydrogen-bond donors (Lipinski definition) is 2. The van der Waals surface area contributed by atoms with Crippen molar-refractivity contribution in [3.63, 3.8) is 0 Å². The van der Waals surface area contributed by atoms with Gasteiger partial charge in [0.15, 0.2) is 0 Å². The van der Waals surface area contributed by atoms with Crippen molar-refractivity contribution in [2.24, 2.45) is 0 Å². The van der Waals surface area contributed by atoms with Gasteiger partial charge in [-0.15, -0.1) is 12.4 Å². The number of rotatable bonds is 5. The maximum atomic E-state index is 12.8. The van der Waals surface area contributed by atoms with Crippen molar-refractivity contribution in [1.82, 2.24) is 15.5 Å². The van der Waals surface area contributed by atoms with Gasteiger partial charge in [-0.25, -0.2) is 4.98 Å². The number of benzene rings is 1. The van der Waals surface area contributed by atoms with Crippen LogP contribution in [-0.2, 0) is 6.54 Å². The van der Waals surface area contributed by atoms with Crippen molar-refractivity contribution in [3.05, 3.63) is 52.8 Å². The highest BCUT2D eigenvalue weighted by Crippen LogP contribution is 2.24. The zero-order valence-electron chi connectivity index (χ0n) is 14.4. The normalized spacial score (nSPS) is 10.5. The van der Waals surface area contributed by atoms with E-state index in [1.807, 2.05) is 38.1 Å². The highest BCUT2D eigenvalue weighted by atomic mass is 35.5. The second kappa shape index (κ2) is 8.09. The molecule has 0 spiro atoms. The van der Waals surface area contributed by atoms with E-state index in [4.69, 9.17) is 4.52 Å². The summed E-state index contributed by atoms with van der Waals surface area (Å²) in [5, 5.41) is 10.8. The number of nitrogens with zero attached hydrogens (tertiary/aromatic N) is 2. The number of anilines is 1. The van der Waals surface area contributed by atoms with Gasteiger partial charge in [-0.05, 0) is 38.1 Å². The Hall–Kier alpha value is -2.44. The van der Waals surface area contributed by atoms with E-state index in [0.29, 0.717) is 34.6 Å². The number of fused-ring (bicyclic) bond motifs is 1. The zero-order valence-corrected chi connectivity index (χ0v) is 15.2. The first-order valence-electron chi connectivity index (χ1n) is 7.93. The van der Waals surface area contributed by atoms with Gasteiger partial charge in [0.25, 0.3) is 11.6 Å². The van der Waals surface area contributed by atoms with Crippen molar-refractivity contribution >= 4 is 35.1 Å². The van der Waals surface area contributed by atoms with E-state index in [2.05, 4.69) is 20.8 Å². The third kappa shape index (κ3) is 3.97. The van der Waals surface area contributed by atoms with Crippen molar-refractivity contribution in [3.8, 4) is 0 Å². The average molecular weight is 361 g/mol. The van der Waals surface area contributed by atoms with Gasteiger partial charge in [-0.1, -0.05) is 30.3 Å². The highest BCUT2D eigenvalue weighted by molar-refractivity contribution is 6.12. The molecule has 132 valence electrons. The van der Waals surface area contributed by atoms with E-state index in [-0.39, 0.29) is 18.3 Å². The number of amides is 1. The monoisotopic (exact) mass is 360 g/mol. The summed E-state index contributed by atoms with van der Waals surface area (Å²) < 4.78 is 5.20. The third-order valence-electron chi connectivity index (χ3n) is 3.82. The van der Waals surface area contributed by atoms with Crippen LogP contribution in [0.4, 0.5) is 5.69 Å². The number of aryl methyl sites for hydroxylation is 2. The van der Waals surface area contributed by atoms with Crippen molar-refractivity contribution in [1.29, 1.82) is 0 Å². The van der Waals surface area contributed by atoms with Gasteiger partial charge < -0.3 is 15.2 Å². The molecule has 1 aromatic carbocycles. The highest BCUT2D eigenvalue weighted by Gasteiger charge is 2.18. The lowest BCUT2D eigenvalue weighted by molar-refractivity contribution is 0.102. The number of hydrogen-bond acceptors (Lipinski definition) is 5. The van der Waals surface area contributed by atoms with Crippen LogP contribution in [0.1, 0.15) is 34.2 Å². The van der Waals surface area contributed by atoms with E-state index in [1.165, 1.54) is 0 Å². The minimum Gasteiger partial charge on any atom is -0.336 e. The molecule has 0 aliphatic carbocycles. The zero-order chi connectivity index (χ0) is 17.1. The van der Waals surface area contributed by atoms with Crippen molar-refractivity contribution in [2.75, 3.05) is 11.9 Å². The van der Waals surface area contributed by atoms with Gasteiger partial charge >= 0.3 is 0 Å². The molecule has 3 rings (SSSR count). The van der Waals surface area contributed by atoms with Crippen LogP contribution in [-0.4, -0.2) is 22.6 Å². The Morgan fingerprint density at radius 1 is 1.24 bits per heavy atom. The van der Waals surface area contributed by atoms with E-state index in [9.17, 15) is 4.79 Å². The summed E-state index contributed by atoms with van der Waals surface area (Å²) in [7, 11) is 0. The molecule has 3 aromatic rings. The molecule has 0 bridgehead atoms.